The molecule has 2 heteroatoms. The van der Waals surface area contributed by atoms with Crippen molar-refractivity contribution < 1.29 is 5.11 Å². The zero-order valence-electron chi connectivity index (χ0n) is 7.16. The fourth-order valence-corrected chi connectivity index (χ4v) is 0.836. The molecule has 0 saturated carbocycles. The van der Waals surface area contributed by atoms with Crippen molar-refractivity contribution in [3.8, 4) is 0 Å². The lowest BCUT2D eigenvalue weighted by Gasteiger charge is -2.16. The first-order valence-corrected chi connectivity index (χ1v) is 3.90. The highest BCUT2D eigenvalue weighted by Gasteiger charge is 1.96. The number of hydrogen-bond acceptors (Lipinski definition) is 2. The molecule has 64 valence electrons. The Kier molecular flexibility index (Phi) is 7.10. The van der Waals surface area contributed by atoms with Gasteiger partial charge in [0, 0.05) is 19.6 Å². The number of hydrogen-bond donors (Lipinski definition) is 1. The Hall–Kier alpha value is -0.600. The van der Waals surface area contributed by atoms with Crippen molar-refractivity contribution in [2.45, 2.75) is 6.92 Å². The van der Waals surface area contributed by atoms with Gasteiger partial charge in [-0.2, -0.15) is 0 Å². The molecule has 0 aromatic heterocycles. The SMILES string of the molecule is C=CCN(C/C=C/C)CCO. The molecule has 0 radical (unpaired) electrons. The van der Waals surface area contributed by atoms with Crippen molar-refractivity contribution in [1.29, 1.82) is 0 Å². The summed E-state index contributed by atoms with van der Waals surface area (Å²) in [5.74, 6) is 0. The molecular formula is C9H17NO. The third-order valence-electron chi connectivity index (χ3n) is 1.40. The standard InChI is InChI=1S/C9H17NO/c1-3-5-7-10(6-4-2)8-9-11/h3-5,11H,2,6-9H2,1H3/b5-3+. The molecule has 0 aromatic rings. The molecule has 0 unspecified atom stereocenters. The summed E-state index contributed by atoms with van der Waals surface area (Å²) in [6.45, 7) is 8.30. The minimum absolute atomic E-state index is 0.214. The van der Waals surface area contributed by atoms with Crippen LogP contribution in [0, 0.1) is 0 Å². The Morgan fingerprint density at radius 3 is 2.64 bits per heavy atom. The van der Waals surface area contributed by atoms with Gasteiger partial charge in [0.2, 0.25) is 0 Å². The number of nitrogens with zero attached hydrogens (tertiary/aromatic N) is 1. The maximum absolute atomic E-state index is 8.66. The molecule has 0 saturated heterocycles. The van der Waals surface area contributed by atoms with Gasteiger partial charge < -0.3 is 5.11 Å². The van der Waals surface area contributed by atoms with Crippen LogP contribution in [0.1, 0.15) is 6.92 Å². The van der Waals surface area contributed by atoms with E-state index >= 15 is 0 Å². The third kappa shape index (κ3) is 5.83. The second-order valence-corrected chi connectivity index (χ2v) is 2.34. The van der Waals surface area contributed by atoms with Crippen LogP contribution in [0.3, 0.4) is 0 Å². The molecule has 0 aromatic carbocycles. The Labute approximate surface area is 68.8 Å². The summed E-state index contributed by atoms with van der Waals surface area (Å²) in [5, 5.41) is 8.66. The molecule has 1 N–H and O–H groups in total. The van der Waals surface area contributed by atoms with E-state index in [1.807, 2.05) is 19.1 Å². The van der Waals surface area contributed by atoms with Crippen LogP contribution in [-0.4, -0.2) is 36.2 Å². The summed E-state index contributed by atoms with van der Waals surface area (Å²) in [7, 11) is 0. The summed E-state index contributed by atoms with van der Waals surface area (Å²) >= 11 is 0. The van der Waals surface area contributed by atoms with E-state index in [1.54, 1.807) is 0 Å². The van der Waals surface area contributed by atoms with Crippen molar-refractivity contribution in [2.75, 3.05) is 26.2 Å². The minimum Gasteiger partial charge on any atom is -0.395 e. The van der Waals surface area contributed by atoms with Crippen molar-refractivity contribution in [1.82, 2.24) is 4.90 Å². The highest BCUT2D eigenvalue weighted by molar-refractivity contribution is 4.83. The monoisotopic (exact) mass is 155 g/mol. The lowest BCUT2D eigenvalue weighted by Crippen LogP contribution is -2.27. The molecule has 0 aliphatic carbocycles. The highest BCUT2D eigenvalue weighted by Crippen LogP contribution is 1.88. The number of rotatable bonds is 6. The van der Waals surface area contributed by atoms with Crippen molar-refractivity contribution in [3.63, 3.8) is 0 Å². The van der Waals surface area contributed by atoms with Crippen LogP contribution in [0.5, 0.6) is 0 Å². The van der Waals surface area contributed by atoms with E-state index in [9.17, 15) is 0 Å². The van der Waals surface area contributed by atoms with Gasteiger partial charge in [0.05, 0.1) is 6.61 Å². The van der Waals surface area contributed by atoms with Crippen LogP contribution < -0.4 is 0 Å². The van der Waals surface area contributed by atoms with Gasteiger partial charge in [-0.3, -0.25) is 4.90 Å². The van der Waals surface area contributed by atoms with Crippen LogP contribution in [0.4, 0.5) is 0 Å². The summed E-state index contributed by atoms with van der Waals surface area (Å²) in [6.07, 6.45) is 5.92. The van der Waals surface area contributed by atoms with Gasteiger partial charge in [0.25, 0.3) is 0 Å². The second kappa shape index (κ2) is 7.51. The molecule has 0 bridgehead atoms. The third-order valence-corrected chi connectivity index (χ3v) is 1.40. The molecule has 11 heavy (non-hydrogen) atoms. The van der Waals surface area contributed by atoms with Crippen LogP contribution in [0.2, 0.25) is 0 Å². The molecule has 0 fully saturated rings. The van der Waals surface area contributed by atoms with E-state index in [0.717, 1.165) is 19.6 Å². The predicted octanol–water partition coefficient (Wildman–Crippen LogP) is 1.04. The lowest BCUT2D eigenvalue weighted by molar-refractivity contribution is 0.220. The Morgan fingerprint density at radius 1 is 1.45 bits per heavy atom. The van der Waals surface area contributed by atoms with E-state index in [1.165, 1.54) is 0 Å². The average molecular weight is 155 g/mol. The summed E-state index contributed by atoms with van der Waals surface area (Å²) in [5.41, 5.74) is 0. The van der Waals surface area contributed by atoms with E-state index < -0.39 is 0 Å². The van der Waals surface area contributed by atoms with Crippen LogP contribution >= 0.6 is 0 Å². The van der Waals surface area contributed by atoms with Crippen LogP contribution in [0.25, 0.3) is 0 Å². The maximum atomic E-state index is 8.66. The molecule has 0 spiro atoms. The van der Waals surface area contributed by atoms with Gasteiger partial charge in [-0.1, -0.05) is 18.2 Å². The largest absolute Gasteiger partial charge is 0.395 e. The van der Waals surface area contributed by atoms with Crippen molar-refractivity contribution in [2.24, 2.45) is 0 Å². The number of aliphatic hydroxyl groups is 1. The molecule has 0 atom stereocenters. The van der Waals surface area contributed by atoms with E-state index in [-0.39, 0.29) is 6.61 Å². The smallest absolute Gasteiger partial charge is 0.0558 e. The Bertz CT molecular complexity index is 121. The fraction of sp³-hybridized carbons (Fsp3) is 0.556. The fourth-order valence-electron chi connectivity index (χ4n) is 0.836. The zero-order chi connectivity index (χ0) is 8.53. The Morgan fingerprint density at radius 2 is 2.18 bits per heavy atom. The van der Waals surface area contributed by atoms with Crippen LogP contribution in [-0.2, 0) is 0 Å². The average Bonchev–Trinajstić information content (AvgIpc) is 2.01. The first-order chi connectivity index (χ1) is 5.35. The molecule has 0 aliphatic heterocycles. The van der Waals surface area contributed by atoms with Gasteiger partial charge in [-0.25, -0.2) is 0 Å². The predicted molar refractivity (Wildman–Crippen MR) is 48.5 cm³/mol. The first kappa shape index (κ1) is 10.4. The topological polar surface area (TPSA) is 23.5 Å². The molecular weight excluding hydrogens is 138 g/mol. The van der Waals surface area contributed by atoms with Gasteiger partial charge in [0.1, 0.15) is 0 Å². The summed E-state index contributed by atoms with van der Waals surface area (Å²) in [4.78, 5) is 2.12. The summed E-state index contributed by atoms with van der Waals surface area (Å²) < 4.78 is 0. The van der Waals surface area contributed by atoms with Crippen molar-refractivity contribution >= 4 is 0 Å². The molecule has 2 nitrogen and oxygen atoms in total. The van der Waals surface area contributed by atoms with Crippen LogP contribution in [0.15, 0.2) is 24.8 Å². The zero-order valence-corrected chi connectivity index (χ0v) is 7.16. The number of aliphatic hydroxyl groups excluding tert-OH is 1. The molecule has 0 rings (SSSR count). The minimum atomic E-state index is 0.214. The van der Waals surface area contributed by atoms with E-state index in [0.29, 0.717) is 0 Å². The van der Waals surface area contributed by atoms with E-state index in [4.69, 9.17) is 5.11 Å². The van der Waals surface area contributed by atoms with Gasteiger partial charge in [0.15, 0.2) is 0 Å². The number of allylic oxidation sites excluding steroid dienone is 1. The van der Waals surface area contributed by atoms with Gasteiger partial charge in [-0.15, -0.1) is 6.58 Å². The maximum Gasteiger partial charge on any atom is 0.0558 e. The lowest BCUT2D eigenvalue weighted by atomic mass is 10.4. The molecule has 0 aliphatic rings. The quantitative estimate of drug-likeness (QED) is 0.579. The molecule has 0 heterocycles. The van der Waals surface area contributed by atoms with Crippen molar-refractivity contribution in [3.05, 3.63) is 24.8 Å². The molecule has 0 amide bonds. The highest BCUT2D eigenvalue weighted by atomic mass is 16.3. The normalized spacial score (nSPS) is 11.2. The van der Waals surface area contributed by atoms with E-state index in [2.05, 4.69) is 17.6 Å². The first-order valence-electron chi connectivity index (χ1n) is 3.90. The van der Waals surface area contributed by atoms with Gasteiger partial charge in [-0.05, 0) is 6.92 Å². The van der Waals surface area contributed by atoms with Gasteiger partial charge >= 0.3 is 0 Å². The summed E-state index contributed by atoms with van der Waals surface area (Å²) in [6, 6.07) is 0. The Balaban J connectivity index is 3.58. The second-order valence-electron chi connectivity index (χ2n) is 2.34.